The Hall–Kier alpha value is -1.83. The third-order valence-electron chi connectivity index (χ3n) is 3.84. The molecule has 3 amide bonds. The lowest BCUT2D eigenvalue weighted by atomic mass is 10.2. The summed E-state index contributed by atoms with van der Waals surface area (Å²) in [5.41, 5.74) is 0. The van der Waals surface area contributed by atoms with Gasteiger partial charge >= 0.3 is 6.09 Å². The number of nitrogens with one attached hydrogen (secondary N) is 2. The highest BCUT2D eigenvalue weighted by molar-refractivity contribution is 5.90. The van der Waals surface area contributed by atoms with Crippen molar-refractivity contribution in [1.29, 1.82) is 0 Å². The van der Waals surface area contributed by atoms with Crippen molar-refractivity contribution in [2.75, 3.05) is 46.4 Å². The van der Waals surface area contributed by atoms with Crippen LogP contribution in [0.3, 0.4) is 0 Å². The molecule has 2 aliphatic rings. The number of piperazine rings is 1. The van der Waals surface area contributed by atoms with Crippen molar-refractivity contribution < 1.29 is 19.1 Å². The van der Waals surface area contributed by atoms with Gasteiger partial charge in [0.1, 0.15) is 6.04 Å². The molecule has 0 aromatic rings. The van der Waals surface area contributed by atoms with Gasteiger partial charge < -0.3 is 20.3 Å². The zero-order valence-electron chi connectivity index (χ0n) is 12.3. The molecule has 8 nitrogen and oxygen atoms in total. The lowest BCUT2D eigenvalue weighted by molar-refractivity contribution is -0.125. The molecule has 118 valence electrons. The lowest BCUT2D eigenvalue weighted by Gasteiger charge is -2.33. The van der Waals surface area contributed by atoms with Crippen LogP contribution in [-0.2, 0) is 14.3 Å². The number of carbonyl (C=O) groups excluding carboxylic acids is 3. The van der Waals surface area contributed by atoms with Crippen LogP contribution in [0.15, 0.2) is 0 Å². The second-order valence-corrected chi connectivity index (χ2v) is 5.25. The Labute approximate surface area is 123 Å². The van der Waals surface area contributed by atoms with Crippen LogP contribution in [0, 0.1) is 0 Å². The number of rotatable bonds is 4. The van der Waals surface area contributed by atoms with Crippen molar-refractivity contribution in [3.8, 4) is 0 Å². The Morgan fingerprint density at radius 3 is 2.62 bits per heavy atom. The van der Waals surface area contributed by atoms with E-state index in [1.807, 2.05) is 0 Å². The number of carbonyl (C=O) groups is 3. The van der Waals surface area contributed by atoms with E-state index in [0.29, 0.717) is 32.5 Å². The van der Waals surface area contributed by atoms with E-state index in [4.69, 9.17) is 0 Å². The maximum atomic E-state index is 11.8. The van der Waals surface area contributed by atoms with Gasteiger partial charge in [-0.3, -0.25) is 14.5 Å². The van der Waals surface area contributed by atoms with E-state index >= 15 is 0 Å². The molecule has 0 aliphatic carbocycles. The largest absolute Gasteiger partial charge is 0.453 e. The molecule has 21 heavy (non-hydrogen) atoms. The molecule has 8 heteroatoms. The van der Waals surface area contributed by atoms with Gasteiger partial charge in [0, 0.05) is 45.7 Å². The summed E-state index contributed by atoms with van der Waals surface area (Å²) in [7, 11) is 1.38. The first-order chi connectivity index (χ1) is 10.1. The zero-order valence-corrected chi connectivity index (χ0v) is 12.3. The first-order valence-corrected chi connectivity index (χ1v) is 7.22. The Morgan fingerprint density at radius 2 is 2.05 bits per heavy atom. The number of hydrogen-bond donors (Lipinski definition) is 2. The van der Waals surface area contributed by atoms with Crippen molar-refractivity contribution >= 4 is 17.9 Å². The quantitative estimate of drug-likeness (QED) is 0.678. The molecular weight excluding hydrogens is 276 g/mol. The number of ether oxygens (including phenoxy) is 1. The van der Waals surface area contributed by atoms with Crippen LogP contribution in [0.2, 0.25) is 0 Å². The molecule has 0 saturated carbocycles. The molecule has 0 spiro atoms. The summed E-state index contributed by atoms with van der Waals surface area (Å²) >= 11 is 0. The Kier molecular flexibility index (Phi) is 5.38. The summed E-state index contributed by atoms with van der Waals surface area (Å²) in [4.78, 5) is 38.0. The predicted octanol–water partition coefficient (Wildman–Crippen LogP) is -1.23. The molecule has 0 aromatic carbocycles. The minimum Gasteiger partial charge on any atom is -0.453 e. The van der Waals surface area contributed by atoms with E-state index < -0.39 is 0 Å². The minimum absolute atomic E-state index is 0.0610. The average Bonchev–Trinajstić information content (AvgIpc) is 2.94. The van der Waals surface area contributed by atoms with E-state index in [-0.39, 0.29) is 23.9 Å². The predicted molar refractivity (Wildman–Crippen MR) is 74.6 cm³/mol. The van der Waals surface area contributed by atoms with Crippen molar-refractivity contribution in [2.24, 2.45) is 0 Å². The van der Waals surface area contributed by atoms with E-state index in [2.05, 4.69) is 20.3 Å². The maximum absolute atomic E-state index is 11.8. The number of methoxy groups -OCH3 is 1. The van der Waals surface area contributed by atoms with Crippen LogP contribution >= 0.6 is 0 Å². The molecule has 2 rings (SSSR count). The molecule has 2 fully saturated rings. The molecule has 0 aromatic heterocycles. The fourth-order valence-corrected chi connectivity index (χ4v) is 2.55. The monoisotopic (exact) mass is 298 g/mol. The molecule has 1 unspecified atom stereocenters. The Balaban J connectivity index is 1.60. The Morgan fingerprint density at radius 1 is 1.33 bits per heavy atom. The Bertz CT molecular complexity index is 407. The van der Waals surface area contributed by atoms with Crippen LogP contribution in [0.5, 0.6) is 0 Å². The van der Waals surface area contributed by atoms with Gasteiger partial charge in [-0.2, -0.15) is 0 Å². The van der Waals surface area contributed by atoms with Gasteiger partial charge in [0.15, 0.2) is 0 Å². The summed E-state index contributed by atoms with van der Waals surface area (Å²) in [5.74, 6) is -0.178. The second kappa shape index (κ2) is 7.26. The molecule has 2 saturated heterocycles. The van der Waals surface area contributed by atoms with Crippen molar-refractivity contribution in [3.05, 3.63) is 0 Å². The van der Waals surface area contributed by atoms with E-state index in [1.54, 1.807) is 4.90 Å². The van der Waals surface area contributed by atoms with Crippen LogP contribution < -0.4 is 10.6 Å². The van der Waals surface area contributed by atoms with Gasteiger partial charge in [-0.25, -0.2) is 4.79 Å². The molecule has 1 atom stereocenters. The van der Waals surface area contributed by atoms with Gasteiger partial charge in [0.05, 0.1) is 7.11 Å². The summed E-state index contributed by atoms with van der Waals surface area (Å²) in [6.07, 6.45) is 0.704. The highest BCUT2D eigenvalue weighted by atomic mass is 16.5. The fraction of sp³-hybridized carbons (Fsp3) is 0.769. The highest BCUT2D eigenvalue weighted by Crippen LogP contribution is 2.06. The summed E-state index contributed by atoms with van der Waals surface area (Å²) in [6.45, 7) is 4.10. The maximum Gasteiger partial charge on any atom is 0.409 e. The second-order valence-electron chi connectivity index (χ2n) is 5.25. The molecule has 2 N–H and O–H groups in total. The molecular formula is C13H22N4O4. The average molecular weight is 298 g/mol. The zero-order chi connectivity index (χ0) is 15.2. The topological polar surface area (TPSA) is 91.0 Å². The smallest absolute Gasteiger partial charge is 0.409 e. The molecule has 0 bridgehead atoms. The number of amides is 3. The van der Waals surface area contributed by atoms with E-state index in [0.717, 1.165) is 19.6 Å². The van der Waals surface area contributed by atoms with Crippen molar-refractivity contribution in [2.45, 2.75) is 18.9 Å². The fourth-order valence-electron chi connectivity index (χ4n) is 2.55. The SMILES string of the molecule is COC(=O)N1CCN(CCNC(=O)C2CCC(=O)N2)CC1. The summed E-state index contributed by atoms with van der Waals surface area (Å²) < 4.78 is 4.68. The standard InChI is InChI=1S/C13H22N4O4/c1-21-13(20)17-8-6-16(7-9-17)5-4-14-12(19)10-2-3-11(18)15-10/h10H,2-9H2,1H3,(H,14,19)(H,15,18). The van der Waals surface area contributed by atoms with E-state index in [9.17, 15) is 14.4 Å². The minimum atomic E-state index is -0.381. The number of nitrogens with zero attached hydrogens (tertiary/aromatic N) is 2. The van der Waals surface area contributed by atoms with Crippen molar-refractivity contribution in [1.82, 2.24) is 20.4 Å². The van der Waals surface area contributed by atoms with Crippen LogP contribution in [0.4, 0.5) is 4.79 Å². The molecule has 0 radical (unpaired) electrons. The van der Waals surface area contributed by atoms with E-state index in [1.165, 1.54) is 7.11 Å². The third-order valence-corrected chi connectivity index (χ3v) is 3.84. The first kappa shape index (κ1) is 15.6. The van der Waals surface area contributed by atoms with Gasteiger partial charge in [-0.05, 0) is 6.42 Å². The highest BCUT2D eigenvalue weighted by Gasteiger charge is 2.27. The van der Waals surface area contributed by atoms with Crippen LogP contribution in [0.25, 0.3) is 0 Å². The van der Waals surface area contributed by atoms with Gasteiger partial charge in [0.2, 0.25) is 11.8 Å². The third kappa shape index (κ3) is 4.32. The lowest BCUT2D eigenvalue weighted by Crippen LogP contribution is -2.51. The van der Waals surface area contributed by atoms with Gasteiger partial charge in [-0.1, -0.05) is 0 Å². The van der Waals surface area contributed by atoms with Gasteiger partial charge in [-0.15, -0.1) is 0 Å². The normalized spacial score (nSPS) is 22.8. The molecule has 2 aliphatic heterocycles. The van der Waals surface area contributed by atoms with Gasteiger partial charge in [0.25, 0.3) is 0 Å². The molecule has 2 heterocycles. The summed E-state index contributed by atoms with van der Waals surface area (Å²) in [5, 5.41) is 5.48. The van der Waals surface area contributed by atoms with Crippen LogP contribution in [-0.4, -0.2) is 80.1 Å². The first-order valence-electron chi connectivity index (χ1n) is 7.22. The summed E-state index contributed by atoms with van der Waals surface area (Å²) in [6, 6.07) is -0.381. The number of hydrogen-bond acceptors (Lipinski definition) is 5. The van der Waals surface area contributed by atoms with Crippen LogP contribution in [0.1, 0.15) is 12.8 Å². The van der Waals surface area contributed by atoms with Crippen molar-refractivity contribution in [3.63, 3.8) is 0 Å².